The lowest BCUT2D eigenvalue weighted by molar-refractivity contribution is 0.103. The molecule has 0 aliphatic heterocycles. The molecule has 0 bridgehead atoms. The number of benzene rings is 1. The van der Waals surface area contributed by atoms with E-state index in [9.17, 15) is 4.79 Å². The van der Waals surface area contributed by atoms with E-state index in [0.29, 0.717) is 6.61 Å². The monoisotopic (exact) mass is 275 g/mol. The van der Waals surface area contributed by atoms with Crippen molar-refractivity contribution in [3.63, 3.8) is 0 Å². The van der Waals surface area contributed by atoms with Gasteiger partial charge in [0.1, 0.15) is 5.75 Å². The number of amides is 1. The fourth-order valence-electron chi connectivity index (χ4n) is 1.68. The van der Waals surface area contributed by atoms with Crippen LogP contribution in [0.15, 0.2) is 30.3 Å². The fourth-order valence-corrected chi connectivity index (χ4v) is 2.61. The SMILES string of the molecule is CCOc1ccc(NC(=O)c2cc(C)c(C)s2)cc1. The third-order valence-electron chi connectivity index (χ3n) is 2.81. The highest BCUT2D eigenvalue weighted by atomic mass is 32.1. The molecule has 3 nitrogen and oxygen atoms in total. The van der Waals surface area contributed by atoms with Gasteiger partial charge >= 0.3 is 0 Å². The van der Waals surface area contributed by atoms with Crippen molar-refractivity contribution >= 4 is 22.9 Å². The molecular formula is C15H17NO2S. The predicted octanol–water partition coefficient (Wildman–Crippen LogP) is 4.02. The van der Waals surface area contributed by atoms with Crippen molar-refractivity contribution in [2.45, 2.75) is 20.8 Å². The van der Waals surface area contributed by atoms with Gasteiger partial charge in [0.05, 0.1) is 11.5 Å². The first-order valence-electron chi connectivity index (χ1n) is 6.21. The number of nitrogens with one attached hydrogen (secondary N) is 1. The number of ether oxygens (including phenoxy) is 1. The zero-order chi connectivity index (χ0) is 13.8. The Kier molecular flexibility index (Phi) is 4.22. The molecule has 0 atom stereocenters. The van der Waals surface area contributed by atoms with E-state index < -0.39 is 0 Å². The van der Waals surface area contributed by atoms with Crippen LogP contribution in [0.5, 0.6) is 5.75 Å². The number of carbonyl (C=O) groups excluding carboxylic acids is 1. The maximum Gasteiger partial charge on any atom is 0.265 e. The van der Waals surface area contributed by atoms with E-state index in [0.717, 1.165) is 21.9 Å². The molecule has 1 amide bonds. The van der Waals surface area contributed by atoms with Crippen LogP contribution in [0, 0.1) is 13.8 Å². The molecule has 0 saturated heterocycles. The van der Waals surface area contributed by atoms with Gasteiger partial charge in [0, 0.05) is 10.6 Å². The van der Waals surface area contributed by atoms with Gasteiger partial charge in [-0.2, -0.15) is 0 Å². The van der Waals surface area contributed by atoms with Gasteiger partial charge in [0.2, 0.25) is 0 Å². The highest BCUT2D eigenvalue weighted by Gasteiger charge is 2.10. The molecule has 2 rings (SSSR count). The van der Waals surface area contributed by atoms with Gasteiger partial charge in [-0.05, 0) is 56.7 Å². The second-order valence-electron chi connectivity index (χ2n) is 4.26. The summed E-state index contributed by atoms with van der Waals surface area (Å²) in [4.78, 5) is 14.0. The molecule has 1 aromatic heterocycles. The van der Waals surface area contributed by atoms with E-state index in [1.54, 1.807) is 0 Å². The van der Waals surface area contributed by atoms with Crippen LogP contribution >= 0.6 is 11.3 Å². The van der Waals surface area contributed by atoms with E-state index in [-0.39, 0.29) is 5.91 Å². The van der Waals surface area contributed by atoms with Crippen LogP contribution in [0.4, 0.5) is 5.69 Å². The Balaban J connectivity index is 2.06. The molecule has 0 spiro atoms. The molecule has 19 heavy (non-hydrogen) atoms. The van der Waals surface area contributed by atoms with Crippen LogP contribution in [0.2, 0.25) is 0 Å². The van der Waals surface area contributed by atoms with Gasteiger partial charge in [-0.15, -0.1) is 11.3 Å². The number of hydrogen-bond acceptors (Lipinski definition) is 3. The van der Waals surface area contributed by atoms with Crippen LogP contribution in [0.3, 0.4) is 0 Å². The normalized spacial score (nSPS) is 10.3. The smallest absolute Gasteiger partial charge is 0.265 e. The molecule has 0 aliphatic rings. The summed E-state index contributed by atoms with van der Waals surface area (Å²) in [7, 11) is 0. The summed E-state index contributed by atoms with van der Waals surface area (Å²) in [5.74, 6) is 0.744. The van der Waals surface area contributed by atoms with Crippen molar-refractivity contribution in [1.29, 1.82) is 0 Å². The van der Waals surface area contributed by atoms with Crippen molar-refractivity contribution in [3.05, 3.63) is 45.6 Å². The van der Waals surface area contributed by atoms with Gasteiger partial charge in [-0.1, -0.05) is 0 Å². The summed E-state index contributed by atoms with van der Waals surface area (Å²) >= 11 is 1.52. The van der Waals surface area contributed by atoms with Crippen LogP contribution in [-0.4, -0.2) is 12.5 Å². The zero-order valence-electron chi connectivity index (χ0n) is 11.3. The Morgan fingerprint density at radius 1 is 1.26 bits per heavy atom. The summed E-state index contributed by atoms with van der Waals surface area (Å²) in [6.07, 6.45) is 0. The minimum absolute atomic E-state index is 0.0645. The molecule has 1 N–H and O–H groups in total. The van der Waals surface area contributed by atoms with Gasteiger partial charge in [0.25, 0.3) is 5.91 Å². The molecule has 4 heteroatoms. The summed E-state index contributed by atoms with van der Waals surface area (Å²) < 4.78 is 5.36. The number of anilines is 1. The highest BCUT2D eigenvalue weighted by Crippen LogP contribution is 2.22. The zero-order valence-corrected chi connectivity index (χ0v) is 12.1. The van der Waals surface area contributed by atoms with Crippen molar-refractivity contribution in [3.8, 4) is 5.75 Å². The van der Waals surface area contributed by atoms with E-state index in [4.69, 9.17) is 4.74 Å². The maximum absolute atomic E-state index is 12.1. The molecule has 1 heterocycles. The number of rotatable bonds is 4. The highest BCUT2D eigenvalue weighted by molar-refractivity contribution is 7.14. The molecular weight excluding hydrogens is 258 g/mol. The van der Waals surface area contributed by atoms with Crippen molar-refractivity contribution in [2.75, 3.05) is 11.9 Å². The van der Waals surface area contributed by atoms with E-state index in [2.05, 4.69) is 5.32 Å². The van der Waals surface area contributed by atoms with Crippen LogP contribution in [0.1, 0.15) is 27.0 Å². The summed E-state index contributed by atoms with van der Waals surface area (Å²) in [5, 5.41) is 2.88. The minimum Gasteiger partial charge on any atom is -0.494 e. The van der Waals surface area contributed by atoms with Crippen LogP contribution in [0.25, 0.3) is 0 Å². The lowest BCUT2D eigenvalue weighted by atomic mass is 10.2. The Morgan fingerprint density at radius 3 is 2.47 bits per heavy atom. The topological polar surface area (TPSA) is 38.3 Å². The third kappa shape index (κ3) is 3.35. The average Bonchev–Trinajstić information content (AvgIpc) is 2.72. The van der Waals surface area contributed by atoms with E-state index >= 15 is 0 Å². The lowest BCUT2D eigenvalue weighted by Gasteiger charge is -2.06. The number of carbonyl (C=O) groups is 1. The molecule has 2 aromatic rings. The first kappa shape index (κ1) is 13.6. The second-order valence-corrected chi connectivity index (χ2v) is 5.52. The fraction of sp³-hybridized carbons (Fsp3) is 0.267. The Hall–Kier alpha value is -1.81. The predicted molar refractivity (Wildman–Crippen MR) is 79.4 cm³/mol. The molecule has 0 fully saturated rings. The van der Waals surface area contributed by atoms with Crippen LogP contribution in [-0.2, 0) is 0 Å². The molecule has 100 valence electrons. The average molecular weight is 275 g/mol. The van der Waals surface area contributed by atoms with Crippen molar-refractivity contribution < 1.29 is 9.53 Å². The molecule has 0 aliphatic carbocycles. The van der Waals surface area contributed by atoms with E-state index in [1.165, 1.54) is 16.2 Å². The summed E-state index contributed by atoms with van der Waals surface area (Å²) in [6.45, 7) is 6.61. The Morgan fingerprint density at radius 2 is 1.95 bits per heavy atom. The molecule has 1 aromatic carbocycles. The molecule has 0 unspecified atom stereocenters. The minimum atomic E-state index is -0.0645. The lowest BCUT2D eigenvalue weighted by Crippen LogP contribution is -2.09. The van der Waals surface area contributed by atoms with Crippen molar-refractivity contribution in [2.24, 2.45) is 0 Å². The largest absolute Gasteiger partial charge is 0.494 e. The Labute approximate surface area is 117 Å². The second kappa shape index (κ2) is 5.89. The Bertz CT molecular complexity index is 553. The first-order chi connectivity index (χ1) is 9.10. The van der Waals surface area contributed by atoms with E-state index in [1.807, 2.05) is 51.1 Å². The van der Waals surface area contributed by atoms with Gasteiger partial charge < -0.3 is 10.1 Å². The van der Waals surface area contributed by atoms with Gasteiger partial charge in [-0.3, -0.25) is 4.79 Å². The third-order valence-corrected chi connectivity index (χ3v) is 3.96. The molecule has 0 saturated carbocycles. The number of aryl methyl sites for hydroxylation is 2. The molecule has 0 radical (unpaired) electrons. The van der Waals surface area contributed by atoms with Crippen molar-refractivity contribution in [1.82, 2.24) is 0 Å². The van der Waals surface area contributed by atoms with Crippen LogP contribution < -0.4 is 10.1 Å². The summed E-state index contributed by atoms with van der Waals surface area (Å²) in [6, 6.07) is 9.31. The van der Waals surface area contributed by atoms with Gasteiger partial charge in [-0.25, -0.2) is 0 Å². The maximum atomic E-state index is 12.1. The van der Waals surface area contributed by atoms with Gasteiger partial charge in [0.15, 0.2) is 0 Å². The quantitative estimate of drug-likeness (QED) is 0.915. The number of thiophene rings is 1. The first-order valence-corrected chi connectivity index (χ1v) is 7.03. The number of hydrogen-bond donors (Lipinski definition) is 1. The standard InChI is InChI=1S/C15H17NO2S/c1-4-18-13-7-5-12(6-8-13)16-15(17)14-9-10(2)11(3)19-14/h5-9H,4H2,1-3H3,(H,16,17). The summed E-state index contributed by atoms with van der Waals surface area (Å²) in [5.41, 5.74) is 1.93.